The van der Waals surface area contributed by atoms with Crippen LogP contribution < -0.4 is 10.1 Å². The number of anilines is 1. The molecule has 0 aliphatic rings. The number of carbonyl (C=O) groups excluding carboxylic acids is 1. The quantitative estimate of drug-likeness (QED) is 0.835. The van der Waals surface area contributed by atoms with Gasteiger partial charge >= 0.3 is 0 Å². The van der Waals surface area contributed by atoms with Crippen LogP contribution >= 0.6 is 0 Å². The van der Waals surface area contributed by atoms with Crippen LogP contribution in [0.15, 0.2) is 18.2 Å². The van der Waals surface area contributed by atoms with Crippen molar-refractivity contribution in [3.63, 3.8) is 0 Å². The second-order valence-electron chi connectivity index (χ2n) is 5.44. The number of benzene rings is 1. The van der Waals surface area contributed by atoms with E-state index in [-0.39, 0.29) is 5.91 Å². The highest BCUT2D eigenvalue weighted by Gasteiger charge is 2.17. The maximum absolute atomic E-state index is 11.2. The predicted molar refractivity (Wildman–Crippen MR) is 74.3 cm³/mol. The lowest BCUT2D eigenvalue weighted by Gasteiger charge is -2.19. The Kier molecular flexibility index (Phi) is 4.34. The number of amides is 1. The molecule has 0 fully saturated rings. The molecule has 1 rings (SSSR count). The second kappa shape index (κ2) is 5.36. The monoisotopic (exact) mass is 251 g/mol. The van der Waals surface area contributed by atoms with Gasteiger partial charge in [0.05, 0.1) is 7.11 Å². The second-order valence-corrected chi connectivity index (χ2v) is 10.9. The molecule has 1 N–H and O–H groups in total. The third-order valence-corrected chi connectivity index (χ3v) is 3.79. The first-order valence-electron chi connectivity index (χ1n) is 5.76. The summed E-state index contributed by atoms with van der Waals surface area (Å²) >= 11 is 0. The van der Waals surface area contributed by atoms with E-state index in [9.17, 15) is 4.79 Å². The summed E-state index contributed by atoms with van der Waals surface area (Å²) in [6.45, 7) is 8.46. The fourth-order valence-electron chi connectivity index (χ4n) is 1.73. The summed E-state index contributed by atoms with van der Waals surface area (Å²) in [5, 5.41) is 2.88. The van der Waals surface area contributed by atoms with Gasteiger partial charge in [-0.3, -0.25) is 4.79 Å². The smallest absolute Gasteiger partial charge is 0.221 e. The highest BCUT2D eigenvalue weighted by atomic mass is 28.3. The van der Waals surface area contributed by atoms with Crippen molar-refractivity contribution >= 4 is 19.7 Å². The number of methoxy groups -OCH3 is 1. The van der Waals surface area contributed by atoms with E-state index >= 15 is 0 Å². The summed E-state index contributed by atoms with van der Waals surface area (Å²) in [6.07, 6.45) is 0. The van der Waals surface area contributed by atoms with Crippen molar-refractivity contribution in [2.45, 2.75) is 32.6 Å². The molecule has 0 saturated carbocycles. The first kappa shape index (κ1) is 13.8. The normalized spacial score (nSPS) is 11.1. The van der Waals surface area contributed by atoms with Gasteiger partial charge in [-0.15, -0.1) is 0 Å². The van der Waals surface area contributed by atoms with E-state index in [2.05, 4.69) is 25.0 Å². The van der Waals surface area contributed by atoms with Crippen LogP contribution in [0.2, 0.25) is 19.6 Å². The van der Waals surface area contributed by atoms with Gasteiger partial charge in [0.2, 0.25) is 5.91 Å². The SMILES string of the molecule is COc1ccc(NC(C)=O)c(C[Si](C)(C)C)c1. The van der Waals surface area contributed by atoms with Crippen LogP contribution in [0.4, 0.5) is 5.69 Å². The van der Waals surface area contributed by atoms with Gasteiger partial charge in [0.1, 0.15) is 5.75 Å². The van der Waals surface area contributed by atoms with Crippen molar-refractivity contribution in [1.29, 1.82) is 0 Å². The molecule has 1 aromatic carbocycles. The Balaban J connectivity index is 3.07. The van der Waals surface area contributed by atoms with Crippen molar-refractivity contribution in [1.82, 2.24) is 0 Å². The van der Waals surface area contributed by atoms with E-state index in [1.54, 1.807) is 7.11 Å². The van der Waals surface area contributed by atoms with Crippen LogP contribution in [0.3, 0.4) is 0 Å². The lowest BCUT2D eigenvalue weighted by Crippen LogP contribution is -2.25. The molecule has 0 aromatic heterocycles. The minimum atomic E-state index is -1.22. The Morgan fingerprint density at radius 3 is 2.47 bits per heavy atom. The summed E-state index contributed by atoms with van der Waals surface area (Å²) in [7, 11) is 0.435. The average molecular weight is 251 g/mol. The van der Waals surface area contributed by atoms with Crippen LogP contribution in [0.5, 0.6) is 5.75 Å². The van der Waals surface area contributed by atoms with Crippen LogP contribution in [0, 0.1) is 0 Å². The maximum Gasteiger partial charge on any atom is 0.221 e. The molecule has 1 aromatic rings. The summed E-state index contributed by atoms with van der Waals surface area (Å²) < 4.78 is 5.23. The number of ether oxygens (including phenoxy) is 1. The first-order valence-corrected chi connectivity index (χ1v) is 9.47. The molecule has 0 bridgehead atoms. The molecule has 94 valence electrons. The van der Waals surface area contributed by atoms with Crippen LogP contribution in [0.1, 0.15) is 12.5 Å². The summed E-state index contributed by atoms with van der Waals surface area (Å²) in [5.74, 6) is 0.805. The highest BCUT2D eigenvalue weighted by Crippen LogP contribution is 2.25. The van der Waals surface area contributed by atoms with E-state index in [1.165, 1.54) is 12.5 Å². The third kappa shape index (κ3) is 4.61. The number of hydrogen-bond acceptors (Lipinski definition) is 2. The van der Waals surface area contributed by atoms with Crippen LogP contribution in [-0.4, -0.2) is 21.1 Å². The van der Waals surface area contributed by atoms with E-state index < -0.39 is 8.07 Å². The fraction of sp³-hybridized carbons (Fsp3) is 0.462. The minimum absolute atomic E-state index is 0.0352. The summed E-state index contributed by atoms with van der Waals surface area (Å²) in [6, 6.07) is 6.83. The van der Waals surface area contributed by atoms with E-state index in [4.69, 9.17) is 4.74 Å². The molecule has 0 spiro atoms. The average Bonchev–Trinajstić information content (AvgIpc) is 2.17. The van der Waals surface area contributed by atoms with Crippen molar-refractivity contribution in [2.24, 2.45) is 0 Å². The zero-order valence-corrected chi connectivity index (χ0v) is 12.3. The minimum Gasteiger partial charge on any atom is -0.497 e. The van der Waals surface area contributed by atoms with Gasteiger partial charge in [0.25, 0.3) is 0 Å². The Hall–Kier alpha value is -1.29. The van der Waals surface area contributed by atoms with Crippen molar-refractivity contribution < 1.29 is 9.53 Å². The number of carbonyl (C=O) groups is 1. The van der Waals surface area contributed by atoms with Crippen LogP contribution in [-0.2, 0) is 10.8 Å². The van der Waals surface area contributed by atoms with Crippen molar-refractivity contribution in [3.8, 4) is 5.75 Å². The summed E-state index contributed by atoms with van der Waals surface area (Å²) in [4.78, 5) is 11.2. The predicted octanol–water partition coefficient (Wildman–Crippen LogP) is 3.07. The highest BCUT2D eigenvalue weighted by molar-refractivity contribution is 6.75. The van der Waals surface area contributed by atoms with Gasteiger partial charge in [0, 0.05) is 20.7 Å². The van der Waals surface area contributed by atoms with E-state index in [0.29, 0.717) is 0 Å². The molecule has 0 radical (unpaired) electrons. The standard InChI is InChI=1S/C13H21NO2Si/c1-10(15)14-13-7-6-12(16-2)8-11(13)9-17(3,4)5/h6-8H,9H2,1-5H3,(H,14,15). The molecule has 17 heavy (non-hydrogen) atoms. The topological polar surface area (TPSA) is 38.3 Å². The van der Waals surface area contributed by atoms with Gasteiger partial charge < -0.3 is 10.1 Å². The van der Waals surface area contributed by atoms with E-state index in [0.717, 1.165) is 17.5 Å². The van der Waals surface area contributed by atoms with Gasteiger partial charge in [-0.25, -0.2) is 0 Å². The number of rotatable bonds is 4. The first-order chi connectivity index (χ1) is 7.81. The van der Waals surface area contributed by atoms with Crippen LogP contribution in [0.25, 0.3) is 0 Å². The van der Waals surface area contributed by atoms with Gasteiger partial charge in [-0.1, -0.05) is 19.6 Å². The Labute approximate surface area is 104 Å². The molecular formula is C13H21NO2Si. The lowest BCUT2D eigenvalue weighted by molar-refractivity contribution is -0.114. The Bertz CT molecular complexity index is 410. The zero-order chi connectivity index (χ0) is 13.1. The lowest BCUT2D eigenvalue weighted by atomic mass is 10.2. The molecule has 0 aliphatic heterocycles. The zero-order valence-electron chi connectivity index (χ0n) is 11.3. The largest absolute Gasteiger partial charge is 0.497 e. The Morgan fingerprint density at radius 1 is 1.35 bits per heavy atom. The molecule has 1 amide bonds. The molecule has 0 unspecified atom stereocenters. The molecule has 0 atom stereocenters. The van der Waals surface area contributed by atoms with Gasteiger partial charge in [-0.2, -0.15) is 0 Å². The Morgan fingerprint density at radius 2 is 2.00 bits per heavy atom. The molecule has 0 saturated heterocycles. The molecule has 3 nitrogen and oxygen atoms in total. The van der Waals surface area contributed by atoms with Crippen molar-refractivity contribution in [3.05, 3.63) is 23.8 Å². The number of hydrogen-bond donors (Lipinski definition) is 1. The molecule has 0 aliphatic carbocycles. The van der Waals surface area contributed by atoms with Crippen molar-refractivity contribution in [2.75, 3.05) is 12.4 Å². The molecular weight excluding hydrogens is 230 g/mol. The molecule has 4 heteroatoms. The molecule has 0 heterocycles. The summed E-state index contributed by atoms with van der Waals surface area (Å²) in [5.41, 5.74) is 2.07. The third-order valence-electron chi connectivity index (χ3n) is 2.34. The van der Waals surface area contributed by atoms with Gasteiger partial charge in [0.15, 0.2) is 0 Å². The number of nitrogens with one attached hydrogen (secondary N) is 1. The fourth-order valence-corrected chi connectivity index (χ4v) is 3.16. The van der Waals surface area contributed by atoms with Gasteiger partial charge in [-0.05, 0) is 29.8 Å². The maximum atomic E-state index is 11.2. The van der Waals surface area contributed by atoms with E-state index in [1.807, 2.05) is 18.2 Å².